The Hall–Kier alpha value is -1.26. The highest BCUT2D eigenvalue weighted by molar-refractivity contribution is 5.73. The van der Waals surface area contributed by atoms with Crippen LogP contribution in [0.5, 0.6) is 0 Å². The highest BCUT2D eigenvalue weighted by atomic mass is 16.4. The first-order chi connectivity index (χ1) is 7.68. The molecule has 0 aromatic carbocycles. The molecule has 0 atom stereocenters. The fourth-order valence-corrected chi connectivity index (χ4v) is 1.46. The second-order valence-corrected chi connectivity index (χ2v) is 4.27. The third-order valence-electron chi connectivity index (χ3n) is 2.64. The molecule has 5 heteroatoms. The predicted molar refractivity (Wildman–Crippen MR) is 60.2 cm³/mol. The van der Waals surface area contributed by atoms with Crippen LogP contribution < -0.4 is 10.6 Å². The van der Waals surface area contributed by atoms with Crippen LogP contribution in [0, 0.1) is 5.92 Å². The maximum absolute atomic E-state index is 11.2. The van der Waals surface area contributed by atoms with E-state index < -0.39 is 5.97 Å². The second kappa shape index (κ2) is 7.09. The fourth-order valence-electron chi connectivity index (χ4n) is 1.46. The highest BCUT2D eigenvalue weighted by Gasteiger charge is 2.20. The lowest BCUT2D eigenvalue weighted by Crippen LogP contribution is -2.36. The summed E-state index contributed by atoms with van der Waals surface area (Å²) in [7, 11) is 0. The fraction of sp³-hybridized carbons (Fsp3) is 0.818. The minimum atomic E-state index is -0.783. The lowest BCUT2D eigenvalue weighted by Gasteiger charge is -2.06. The van der Waals surface area contributed by atoms with E-state index in [1.807, 2.05) is 0 Å². The molecule has 92 valence electrons. The number of carbonyl (C=O) groups is 2. The molecule has 0 radical (unpaired) electrons. The van der Waals surface area contributed by atoms with E-state index in [0.29, 0.717) is 19.4 Å². The highest BCUT2D eigenvalue weighted by Crippen LogP contribution is 2.31. The number of carboxylic acids is 1. The maximum Gasteiger partial charge on any atom is 0.314 e. The molecule has 0 saturated heterocycles. The number of nitrogens with one attached hydrogen (secondary N) is 2. The van der Waals surface area contributed by atoms with Crippen LogP contribution in [0.3, 0.4) is 0 Å². The van der Waals surface area contributed by atoms with Crippen LogP contribution in [-0.2, 0) is 4.79 Å². The molecular weight excluding hydrogens is 208 g/mol. The van der Waals surface area contributed by atoms with Gasteiger partial charge in [0.25, 0.3) is 0 Å². The van der Waals surface area contributed by atoms with E-state index >= 15 is 0 Å². The molecule has 1 saturated carbocycles. The number of rotatable bonds is 8. The van der Waals surface area contributed by atoms with Crippen molar-refractivity contribution in [3.8, 4) is 0 Å². The Labute approximate surface area is 95.6 Å². The SMILES string of the molecule is O=C(O)CCCCNC(=O)NCCC1CC1. The minimum Gasteiger partial charge on any atom is -0.481 e. The van der Waals surface area contributed by atoms with E-state index in [0.717, 1.165) is 18.9 Å². The number of urea groups is 1. The summed E-state index contributed by atoms with van der Waals surface area (Å²) < 4.78 is 0. The Morgan fingerprint density at radius 1 is 1.12 bits per heavy atom. The van der Waals surface area contributed by atoms with Gasteiger partial charge in [0.2, 0.25) is 0 Å². The molecule has 1 aliphatic rings. The molecule has 1 aliphatic carbocycles. The first-order valence-electron chi connectivity index (χ1n) is 5.92. The van der Waals surface area contributed by atoms with Crippen molar-refractivity contribution in [2.24, 2.45) is 5.92 Å². The Kier molecular flexibility index (Phi) is 5.67. The average molecular weight is 228 g/mol. The maximum atomic E-state index is 11.2. The molecule has 0 aromatic heterocycles. The molecule has 5 nitrogen and oxygen atoms in total. The van der Waals surface area contributed by atoms with Gasteiger partial charge in [-0.15, -0.1) is 0 Å². The molecule has 0 aromatic rings. The van der Waals surface area contributed by atoms with E-state index in [1.54, 1.807) is 0 Å². The number of hydrogen-bond donors (Lipinski definition) is 3. The quantitative estimate of drug-likeness (QED) is 0.548. The van der Waals surface area contributed by atoms with Crippen molar-refractivity contribution in [2.45, 2.75) is 38.5 Å². The van der Waals surface area contributed by atoms with Gasteiger partial charge in [0.05, 0.1) is 0 Å². The molecule has 1 rings (SSSR count). The predicted octanol–water partition coefficient (Wildman–Crippen LogP) is 1.34. The van der Waals surface area contributed by atoms with Gasteiger partial charge in [-0.05, 0) is 25.2 Å². The second-order valence-electron chi connectivity index (χ2n) is 4.27. The van der Waals surface area contributed by atoms with Gasteiger partial charge in [-0.3, -0.25) is 4.79 Å². The summed E-state index contributed by atoms with van der Waals surface area (Å²) in [5.41, 5.74) is 0. The van der Waals surface area contributed by atoms with Crippen LogP contribution in [0.4, 0.5) is 4.79 Å². The van der Waals surface area contributed by atoms with Gasteiger partial charge in [-0.25, -0.2) is 4.79 Å². The Morgan fingerprint density at radius 2 is 1.81 bits per heavy atom. The third-order valence-corrected chi connectivity index (χ3v) is 2.64. The summed E-state index contributed by atoms with van der Waals surface area (Å²) in [5, 5.41) is 13.9. The molecule has 0 heterocycles. The van der Waals surface area contributed by atoms with Crippen LogP contribution in [0.15, 0.2) is 0 Å². The summed E-state index contributed by atoms with van der Waals surface area (Å²) in [6.07, 6.45) is 5.18. The lowest BCUT2D eigenvalue weighted by atomic mass is 10.2. The average Bonchev–Trinajstić information content (AvgIpc) is 3.00. The zero-order valence-electron chi connectivity index (χ0n) is 9.50. The molecule has 3 N–H and O–H groups in total. The Balaban J connectivity index is 1.83. The molecule has 0 spiro atoms. The zero-order valence-corrected chi connectivity index (χ0v) is 9.50. The summed E-state index contributed by atoms with van der Waals surface area (Å²) in [6, 6.07) is -0.143. The van der Waals surface area contributed by atoms with Gasteiger partial charge in [-0.2, -0.15) is 0 Å². The van der Waals surface area contributed by atoms with Gasteiger partial charge >= 0.3 is 12.0 Å². The van der Waals surface area contributed by atoms with Gasteiger partial charge in [0.1, 0.15) is 0 Å². The number of unbranched alkanes of at least 4 members (excludes halogenated alkanes) is 1. The molecule has 2 amide bonds. The van der Waals surface area contributed by atoms with Crippen molar-refractivity contribution in [3.05, 3.63) is 0 Å². The van der Waals surface area contributed by atoms with E-state index in [9.17, 15) is 9.59 Å². The third kappa shape index (κ3) is 7.09. The zero-order chi connectivity index (χ0) is 11.8. The van der Waals surface area contributed by atoms with E-state index in [4.69, 9.17) is 5.11 Å². The van der Waals surface area contributed by atoms with Crippen molar-refractivity contribution >= 4 is 12.0 Å². The normalized spacial score (nSPS) is 14.5. The summed E-state index contributed by atoms with van der Waals surface area (Å²) >= 11 is 0. The van der Waals surface area contributed by atoms with Gasteiger partial charge in [0, 0.05) is 19.5 Å². The van der Waals surface area contributed by atoms with E-state index in [1.165, 1.54) is 12.8 Å². The Morgan fingerprint density at radius 3 is 2.44 bits per heavy atom. The Bertz CT molecular complexity index is 239. The topological polar surface area (TPSA) is 78.4 Å². The standard InChI is InChI=1S/C11H20N2O3/c14-10(15)3-1-2-7-12-11(16)13-8-6-9-4-5-9/h9H,1-8H2,(H,14,15)(H2,12,13,16). The number of carbonyl (C=O) groups excluding carboxylic acids is 1. The molecule has 0 bridgehead atoms. The van der Waals surface area contributed by atoms with Gasteiger partial charge in [0.15, 0.2) is 0 Å². The number of carboxylic acid groups (broad SMARTS) is 1. The van der Waals surface area contributed by atoms with Crippen molar-refractivity contribution in [1.82, 2.24) is 10.6 Å². The summed E-state index contributed by atoms with van der Waals surface area (Å²) in [5.74, 6) is 0.0461. The van der Waals surface area contributed by atoms with E-state index in [2.05, 4.69) is 10.6 Å². The first-order valence-corrected chi connectivity index (χ1v) is 5.92. The molecular formula is C11H20N2O3. The lowest BCUT2D eigenvalue weighted by molar-refractivity contribution is -0.137. The van der Waals surface area contributed by atoms with Crippen LogP contribution in [0.25, 0.3) is 0 Å². The molecule has 0 unspecified atom stereocenters. The minimum absolute atomic E-state index is 0.143. The monoisotopic (exact) mass is 228 g/mol. The molecule has 16 heavy (non-hydrogen) atoms. The smallest absolute Gasteiger partial charge is 0.314 e. The largest absolute Gasteiger partial charge is 0.481 e. The van der Waals surface area contributed by atoms with Crippen LogP contribution in [-0.4, -0.2) is 30.2 Å². The van der Waals surface area contributed by atoms with Gasteiger partial charge < -0.3 is 15.7 Å². The van der Waals surface area contributed by atoms with Crippen molar-refractivity contribution in [1.29, 1.82) is 0 Å². The first kappa shape index (κ1) is 12.8. The number of amides is 2. The molecule has 1 fully saturated rings. The van der Waals surface area contributed by atoms with E-state index in [-0.39, 0.29) is 12.5 Å². The van der Waals surface area contributed by atoms with Crippen LogP contribution in [0.1, 0.15) is 38.5 Å². The molecule has 0 aliphatic heterocycles. The van der Waals surface area contributed by atoms with Crippen LogP contribution >= 0.6 is 0 Å². The van der Waals surface area contributed by atoms with Crippen molar-refractivity contribution in [3.63, 3.8) is 0 Å². The summed E-state index contributed by atoms with van der Waals surface area (Å²) in [4.78, 5) is 21.4. The number of hydrogen-bond acceptors (Lipinski definition) is 2. The summed E-state index contributed by atoms with van der Waals surface area (Å²) in [6.45, 7) is 1.29. The van der Waals surface area contributed by atoms with Crippen molar-refractivity contribution in [2.75, 3.05) is 13.1 Å². The van der Waals surface area contributed by atoms with Crippen LogP contribution in [0.2, 0.25) is 0 Å². The van der Waals surface area contributed by atoms with Crippen molar-refractivity contribution < 1.29 is 14.7 Å². The van der Waals surface area contributed by atoms with Gasteiger partial charge in [-0.1, -0.05) is 12.8 Å². The number of aliphatic carboxylic acids is 1.